The molecule has 0 saturated carbocycles. The Kier molecular flexibility index (Phi) is 5.63. The van der Waals surface area contributed by atoms with E-state index in [0.29, 0.717) is 12.6 Å². The van der Waals surface area contributed by atoms with Crippen molar-refractivity contribution in [2.45, 2.75) is 33.5 Å². The summed E-state index contributed by atoms with van der Waals surface area (Å²) in [6.07, 6.45) is 0.111. The van der Waals surface area contributed by atoms with Crippen molar-refractivity contribution in [3.8, 4) is 5.69 Å². The number of benzene rings is 1. The zero-order valence-electron chi connectivity index (χ0n) is 11.3. The highest BCUT2D eigenvalue weighted by atomic mass is 19.3. The molecule has 0 saturated heterocycles. The fourth-order valence-electron chi connectivity index (χ4n) is 1.38. The molecule has 0 N–H and O–H groups in total. The van der Waals surface area contributed by atoms with Crippen molar-refractivity contribution in [1.29, 1.82) is 0 Å². The minimum Gasteiger partial charge on any atom is -0.314 e. The molecule has 0 bridgehead atoms. The van der Waals surface area contributed by atoms with Gasteiger partial charge < -0.3 is 9.30 Å². The highest BCUT2D eigenvalue weighted by Gasteiger charge is 2.21. The van der Waals surface area contributed by atoms with Gasteiger partial charge in [-0.3, -0.25) is 0 Å². The van der Waals surface area contributed by atoms with Gasteiger partial charge in [-0.15, -0.1) is 0 Å². The summed E-state index contributed by atoms with van der Waals surface area (Å²) in [4.78, 5) is 4.00. The third-order valence-electron chi connectivity index (χ3n) is 2.16. The van der Waals surface area contributed by atoms with Crippen LogP contribution in [0.15, 0.2) is 42.9 Å². The Labute approximate surface area is 111 Å². The van der Waals surface area contributed by atoms with Crippen molar-refractivity contribution in [2.24, 2.45) is 0 Å². The van der Waals surface area contributed by atoms with E-state index in [1.165, 1.54) is 0 Å². The molecule has 0 aliphatic rings. The van der Waals surface area contributed by atoms with Crippen LogP contribution in [0, 0.1) is 0 Å². The number of rotatable bonds is 4. The quantitative estimate of drug-likeness (QED) is 0.837. The Balaban J connectivity index is 0.000000861. The van der Waals surface area contributed by atoms with Crippen LogP contribution in [0.25, 0.3) is 5.69 Å². The van der Waals surface area contributed by atoms with Crippen LogP contribution in [0.5, 0.6) is 0 Å². The predicted molar refractivity (Wildman–Crippen MR) is 70.3 cm³/mol. The molecular formula is C14H18F2N2O. The van der Waals surface area contributed by atoms with Crippen LogP contribution in [-0.4, -0.2) is 15.7 Å². The predicted octanol–water partition coefficient (Wildman–Crippen LogP) is 4.03. The van der Waals surface area contributed by atoms with E-state index in [9.17, 15) is 8.78 Å². The van der Waals surface area contributed by atoms with E-state index < -0.39 is 6.11 Å². The number of ether oxygens (including phenoxy) is 1. The maximum atomic E-state index is 12.5. The molecule has 0 unspecified atom stereocenters. The second-order valence-corrected chi connectivity index (χ2v) is 3.70. The molecule has 0 aliphatic carbocycles. The van der Waals surface area contributed by atoms with E-state index in [2.05, 4.69) is 9.72 Å². The number of alkyl halides is 2. The van der Waals surface area contributed by atoms with Gasteiger partial charge in [0.05, 0.1) is 18.6 Å². The fraction of sp³-hybridized carbons (Fsp3) is 0.357. The van der Waals surface area contributed by atoms with Gasteiger partial charge in [0.15, 0.2) is 0 Å². The number of aromatic nitrogens is 2. The number of halogens is 2. The molecule has 0 atom stereocenters. The minimum atomic E-state index is -3.13. The van der Waals surface area contributed by atoms with E-state index in [-0.39, 0.29) is 6.61 Å². The Morgan fingerprint density at radius 1 is 1.21 bits per heavy atom. The topological polar surface area (TPSA) is 27.1 Å². The molecule has 1 heterocycles. The van der Waals surface area contributed by atoms with Gasteiger partial charge in [0.25, 0.3) is 0 Å². The lowest BCUT2D eigenvalue weighted by Gasteiger charge is -2.09. The lowest BCUT2D eigenvalue weighted by molar-refractivity contribution is -0.231. The first-order valence-corrected chi connectivity index (χ1v) is 6.15. The lowest BCUT2D eigenvalue weighted by Crippen LogP contribution is -2.14. The average molecular weight is 268 g/mol. The largest absolute Gasteiger partial charge is 0.353 e. The summed E-state index contributed by atoms with van der Waals surface area (Å²) in [5, 5.41) is 0. The van der Waals surface area contributed by atoms with Crippen molar-refractivity contribution >= 4 is 0 Å². The second kappa shape index (κ2) is 6.99. The van der Waals surface area contributed by atoms with Gasteiger partial charge in [-0.1, -0.05) is 32.0 Å². The van der Waals surface area contributed by atoms with Crippen LogP contribution >= 0.6 is 0 Å². The van der Waals surface area contributed by atoms with Gasteiger partial charge >= 0.3 is 6.11 Å². The molecule has 1 aromatic carbocycles. The third-order valence-corrected chi connectivity index (χ3v) is 2.16. The minimum absolute atomic E-state index is 0.205. The maximum absolute atomic E-state index is 12.5. The highest BCUT2D eigenvalue weighted by Crippen LogP contribution is 2.16. The average Bonchev–Trinajstić information content (AvgIpc) is 2.88. The fourth-order valence-corrected chi connectivity index (χ4v) is 1.38. The third kappa shape index (κ3) is 5.18. The normalized spacial score (nSPS) is 10.8. The van der Waals surface area contributed by atoms with Crippen molar-refractivity contribution in [3.63, 3.8) is 0 Å². The number of nitrogens with zero attached hydrogens (tertiary/aromatic N) is 2. The first kappa shape index (κ1) is 15.3. The van der Waals surface area contributed by atoms with E-state index in [1.54, 1.807) is 17.1 Å². The first-order chi connectivity index (χ1) is 9.04. The van der Waals surface area contributed by atoms with Crippen molar-refractivity contribution in [1.82, 2.24) is 9.55 Å². The van der Waals surface area contributed by atoms with Crippen LogP contribution in [-0.2, 0) is 11.3 Å². The molecule has 104 valence electrons. The number of hydrogen-bond donors (Lipinski definition) is 0. The van der Waals surface area contributed by atoms with Crippen molar-refractivity contribution < 1.29 is 13.5 Å². The lowest BCUT2D eigenvalue weighted by atomic mass is 10.3. The first-order valence-electron chi connectivity index (χ1n) is 6.15. The number of para-hydroxylation sites is 1. The molecule has 3 nitrogen and oxygen atoms in total. The van der Waals surface area contributed by atoms with E-state index in [4.69, 9.17) is 0 Å². The molecule has 0 spiro atoms. The Bertz CT molecular complexity index is 478. The van der Waals surface area contributed by atoms with Crippen LogP contribution in [0.4, 0.5) is 8.78 Å². The molecule has 5 heteroatoms. The van der Waals surface area contributed by atoms with E-state index in [1.807, 2.05) is 44.2 Å². The van der Waals surface area contributed by atoms with Gasteiger partial charge in [0.1, 0.15) is 0 Å². The number of hydrogen-bond acceptors (Lipinski definition) is 2. The Morgan fingerprint density at radius 2 is 1.84 bits per heavy atom. The summed E-state index contributed by atoms with van der Waals surface area (Å²) in [5.74, 6) is 0. The van der Waals surface area contributed by atoms with Gasteiger partial charge in [-0.25, -0.2) is 4.98 Å². The van der Waals surface area contributed by atoms with E-state index >= 15 is 0 Å². The summed E-state index contributed by atoms with van der Waals surface area (Å²) in [5.41, 5.74) is 1.39. The van der Waals surface area contributed by atoms with Crippen LogP contribution in [0.1, 0.15) is 26.5 Å². The van der Waals surface area contributed by atoms with Gasteiger partial charge in [0, 0.05) is 18.8 Å². The molecule has 0 amide bonds. The number of imidazole rings is 1. The van der Waals surface area contributed by atoms with Crippen LogP contribution in [0.2, 0.25) is 0 Å². The van der Waals surface area contributed by atoms with Gasteiger partial charge in [-0.05, 0) is 12.1 Å². The summed E-state index contributed by atoms with van der Waals surface area (Å²) < 4.78 is 31.1. The van der Waals surface area contributed by atoms with Crippen molar-refractivity contribution in [3.05, 3.63) is 48.5 Å². The Morgan fingerprint density at radius 3 is 2.42 bits per heavy atom. The molecule has 19 heavy (non-hydrogen) atoms. The molecule has 0 fully saturated rings. The van der Waals surface area contributed by atoms with Crippen molar-refractivity contribution in [2.75, 3.05) is 0 Å². The summed E-state index contributed by atoms with van der Waals surface area (Å²) >= 11 is 0. The van der Waals surface area contributed by atoms with Crippen LogP contribution in [0.3, 0.4) is 0 Å². The molecule has 0 radical (unpaired) electrons. The smallest absolute Gasteiger partial charge is 0.314 e. The molecule has 2 aromatic rings. The second-order valence-electron chi connectivity index (χ2n) is 3.70. The van der Waals surface area contributed by atoms with Crippen LogP contribution < -0.4 is 0 Å². The summed E-state index contributed by atoms with van der Waals surface area (Å²) in [6.45, 7) is 4.50. The zero-order chi connectivity index (χ0) is 14.3. The standard InChI is InChI=1S/C12H12F2N2O.C2H6/c1-12(13,14)17-8-10-7-16(9-15-10)11-5-3-2-4-6-11;1-2/h2-7,9H,8H2,1H3;1-2H3. The summed E-state index contributed by atoms with van der Waals surface area (Å²) in [6, 6.07) is 9.50. The van der Waals surface area contributed by atoms with Gasteiger partial charge in [-0.2, -0.15) is 8.78 Å². The Hall–Kier alpha value is -1.75. The highest BCUT2D eigenvalue weighted by molar-refractivity contribution is 5.31. The molecule has 2 rings (SSSR count). The zero-order valence-corrected chi connectivity index (χ0v) is 11.3. The monoisotopic (exact) mass is 268 g/mol. The maximum Gasteiger partial charge on any atom is 0.353 e. The van der Waals surface area contributed by atoms with Gasteiger partial charge in [0.2, 0.25) is 0 Å². The summed E-state index contributed by atoms with van der Waals surface area (Å²) in [7, 11) is 0. The molecular weight excluding hydrogens is 250 g/mol. The molecule has 1 aromatic heterocycles. The van der Waals surface area contributed by atoms with E-state index in [0.717, 1.165) is 5.69 Å². The SMILES string of the molecule is CC.CC(F)(F)OCc1cn(-c2ccccc2)cn1. The molecule has 0 aliphatic heterocycles.